The predicted octanol–water partition coefficient (Wildman–Crippen LogP) is 4.21. The van der Waals surface area contributed by atoms with Crippen LogP contribution < -0.4 is 0 Å². The Kier molecular flexibility index (Phi) is 3.89. The molecule has 0 saturated heterocycles. The molecule has 3 rings (SSSR count). The first-order chi connectivity index (χ1) is 10.2. The van der Waals surface area contributed by atoms with E-state index in [1.807, 2.05) is 30.4 Å². The normalized spacial score (nSPS) is 15.9. The molecule has 0 saturated carbocycles. The van der Waals surface area contributed by atoms with Crippen molar-refractivity contribution in [2.45, 2.75) is 29.1 Å². The Balaban J connectivity index is 2.18. The SMILES string of the molecule is C=CCc1cc(CC=C)c2c(c1)Cc1ccccc1S2=O. The van der Waals surface area contributed by atoms with Gasteiger partial charge in [-0.1, -0.05) is 42.5 Å². The molecule has 0 N–H and O–H groups in total. The highest BCUT2D eigenvalue weighted by molar-refractivity contribution is 7.85. The van der Waals surface area contributed by atoms with Crippen molar-refractivity contribution in [3.63, 3.8) is 0 Å². The van der Waals surface area contributed by atoms with Gasteiger partial charge in [0, 0.05) is 4.90 Å². The fourth-order valence-corrected chi connectivity index (χ4v) is 4.48. The van der Waals surface area contributed by atoms with Crippen molar-refractivity contribution in [2.75, 3.05) is 0 Å². The molecule has 21 heavy (non-hydrogen) atoms. The third kappa shape index (κ3) is 2.52. The van der Waals surface area contributed by atoms with E-state index in [2.05, 4.69) is 31.4 Å². The second-order valence-electron chi connectivity index (χ2n) is 5.28. The van der Waals surface area contributed by atoms with E-state index in [1.54, 1.807) is 0 Å². The van der Waals surface area contributed by atoms with Gasteiger partial charge in [0.25, 0.3) is 0 Å². The molecule has 1 aliphatic rings. The van der Waals surface area contributed by atoms with Gasteiger partial charge in [-0.2, -0.15) is 0 Å². The molecule has 2 heteroatoms. The molecule has 106 valence electrons. The van der Waals surface area contributed by atoms with E-state index < -0.39 is 10.8 Å². The Morgan fingerprint density at radius 2 is 1.81 bits per heavy atom. The first-order valence-electron chi connectivity index (χ1n) is 7.10. The van der Waals surface area contributed by atoms with Crippen molar-refractivity contribution in [1.82, 2.24) is 0 Å². The molecule has 2 aromatic rings. The summed E-state index contributed by atoms with van der Waals surface area (Å²) in [4.78, 5) is 1.94. The van der Waals surface area contributed by atoms with Crippen molar-refractivity contribution in [2.24, 2.45) is 0 Å². The third-order valence-corrected chi connectivity index (χ3v) is 5.48. The highest BCUT2D eigenvalue weighted by Crippen LogP contribution is 2.35. The molecular formula is C19H18OS. The molecule has 0 bridgehead atoms. The van der Waals surface area contributed by atoms with Crippen LogP contribution in [0.4, 0.5) is 0 Å². The number of allylic oxidation sites excluding steroid dienone is 2. The molecule has 0 fully saturated rings. The highest BCUT2D eigenvalue weighted by Gasteiger charge is 2.24. The van der Waals surface area contributed by atoms with E-state index >= 15 is 0 Å². The van der Waals surface area contributed by atoms with Gasteiger partial charge < -0.3 is 0 Å². The van der Waals surface area contributed by atoms with Crippen LogP contribution in [0.3, 0.4) is 0 Å². The number of rotatable bonds is 4. The standard InChI is InChI=1S/C19H18OS/c1-3-7-14-11-16(8-4-2)19-17(12-14)13-15-9-5-6-10-18(15)21(19)20/h3-6,9-12H,1-2,7-8,13H2. The number of hydrogen-bond donors (Lipinski definition) is 0. The molecule has 1 atom stereocenters. The lowest BCUT2D eigenvalue weighted by molar-refractivity contribution is 0.678. The summed E-state index contributed by atoms with van der Waals surface area (Å²) in [6, 6.07) is 12.3. The molecule has 0 spiro atoms. The summed E-state index contributed by atoms with van der Waals surface area (Å²) in [7, 11) is -1.09. The van der Waals surface area contributed by atoms with E-state index in [4.69, 9.17) is 0 Å². The fourth-order valence-electron chi connectivity index (χ4n) is 2.93. The first kappa shape index (κ1) is 14.0. The van der Waals surface area contributed by atoms with Crippen LogP contribution in [-0.2, 0) is 30.1 Å². The van der Waals surface area contributed by atoms with Crippen molar-refractivity contribution in [3.05, 3.63) is 84.0 Å². The summed E-state index contributed by atoms with van der Waals surface area (Å²) in [5, 5.41) is 0. The third-order valence-electron chi connectivity index (χ3n) is 3.79. The van der Waals surface area contributed by atoms with Crippen LogP contribution in [0.15, 0.2) is 71.5 Å². The van der Waals surface area contributed by atoms with Crippen LogP contribution in [-0.4, -0.2) is 4.21 Å². The van der Waals surface area contributed by atoms with E-state index in [0.717, 1.165) is 34.6 Å². The second-order valence-corrected chi connectivity index (χ2v) is 6.67. The monoisotopic (exact) mass is 294 g/mol. The summed E-state index contributed by atoms with van der Waals surface area (Å²) in [6.07, 6.45) is 6.23. The van der Waals surface area contributed by atoms with Gasteiger partial charge in [0.15, 0.2) is 0 Å². The zero-order chi connectivity index (χ0) is 14.8. The average Bonchev–Trinajstić information content (AvgIpc) is 2.48. The van der Waals surface area contributed by atoms with Crippen molar-refractivity contribution < 1.29 is 4.21 Å². The largest absolute Gasteiger partial charge is 0.249 e. The van der Waals surface area contributed by atoms with Crippen molar-refractivity contribution in [1.29, 1.82) is 0 Å². The Morgan fingerprint density at radius 3 is 2.57 bits per heavy atom. The maximum Gasteiger partial charge on any atom is 0.0858 e. The van der Waals surface area contributed by atoms with Gasteiger partial charge in [-0.25, -0.2) is 4.21 Å². The van der Waals surface area contributed by atoms with Gasteiger partial charge in [-0.05, 0) is 47.6 Å². The first-order valence-corrected chi connectivity index (χ1v) is 8.25. The van der Waals surface area contributed by atoms with Gasteiger partial charge in [-0.3, -0.25) is 0 Å². The molecule has 0 aliphatic carbocycles. The van der Waals surface area contributed by atoms with Crippen molar-refractivity contribution >= 4 is 10.8 Å². The molecule has 1 nitrogen and oxygen atoms in total. The molecule has 1 aliphatic heterocycles. The van der Waals surface area contributed by atoms with Crippen LogP contribution in [0.2, 0.25) is 0 Å². The topological polar surface area (TPSA) is 17.1 Å². The van der Waals surface area contributed by atoms with Crippen LogP contribution in [0.5, 0.6) is 0 Å². The quantitative estimate of drug-likeness (QED) is 0.659. The van der Waals surface area contributed by atoms with Gasteiger partial charge in [0.1, 0.15) is 0 Å². The lowest BCUT2D eigenvalue weighted by atomic mass is 9.96. The molecule has 1 unspecified atom stereocenters. The fraction of sp³-hybridized carbons (Fsp3) is 0.158. The Hall–Kier alpha value is -1.93. The van der Waals surface area contributed by atoms with Crippen LogP contribution in [0.25, 0.3) is 0 Å². The minimum absolute atomic E-state index is 0.751. The van der Waals surface area contributed by atoms with Gasteiger partial charge in [0.2, 0.25) is 0 Å². The van der Waals surface area contributed by atoms with Gasteiger partial charge >= 0.3 is 0 Å². The maximum absolute atomic E-state index is 12.9. The Bertz CT molecular complexity index is 743. The predicted molar refractivity (Wildman–Crippen MR) is 88.2 cm³/mol. The number of benzene rings is 2. The number of fused-ring (bicyclic) bond motifs is 2. The summed E-state index contributed by atoms with van der Waals surface area (Å²) in [5.74, 6) is 0. The summed E-state index contributed by atoms with van der Waals surface area (Å²) in [5.41, 5.74) is 4.72. The zero-order valence-electron chi connectivity index (χ0n) is 12.0. The van der Waals surface area contributed by atoms with Crippen LogP contribution in [0.1, 0.15) is 22.3 Å². The Labute approximate surface area is 128 Å². The summed E-state index contributed by atoms with van der Waals surface area (Å²) in [6.45, 7) is 7.65. The minimum Gasteiger partial charge on any atom is -0.249 e. The zero-order valence-corrected chi connectivity index (χ0v) is 12.8. The van der Waals surface area contributed by atoms with E-state index in [9.17, 15) is 4.21 Å². The van der Waals surface area contributed by atoms with E-state index in [1.165, 1.54) is 16.7 Å². The lowest BCUT2D eigenvalue weighted by Crippen LogP contribution is -2.12. The summed E-state index contributed by atoms with van der Waals surface area (Å²) < 4.78 is 12.9. The average molecular weight is 294 g/mol. The van der Waals surface area contributed by atoms with E-state index in [-0.39, 0.29) is 0 Å². The van der Waals surface area contributed by atoms with Crippen LogP contribution in [0, 0.1) is 0 Å². The second kappa shape index (κ2) is 5.82. The maximum atomic E-state index is 12.9. The molecule has 1 heterocycles. The molecule has 0 aromatic heterocycles. The van der Waals surface area contributed by atoms with E-state index in [0.29, 0.717) is 0 Å². The number of hydrogen-bond acceptors (Lipinski definition) is 1. The summed E-state index contributed by atoms with van der Waals surface area (Å²) >= 11 is 0. The smallest absolute Gasteiger partial charge is 0.0858 e. The molecule has 0 amide bonds. The lowest BCUT2D eigenvalue weighted by Gasteiger charge is -2.22. The molecule has 2 aromatic carbocycles. The Morgan fingerprint density at radius 1 is 1.05 bits per heavy atom. The molecule has 0 radical (unpaired) electrons. The van der Waals surface area contributed by atoms with Gasteiger partial charge in [0.05, 0.1) is 15.7 Å². The van der Waals surface area contributed by atoms with Crippen LogP contribution >= 0.6 is 0 Å². The molecular weight excluding hydrogens is 276 g/mol. The van der Waals surface area contributed by atoms with Gasteiger partial charge in [-0.15, -0.1) is 13.2 Å². The minimum atomic E-state index is -1.09. The highest BCUT2D eigenvalue weighted by atomic mass is 32.2. The van der Waals surface area contributed by atoms with Crippen molar-refractivity contribution in [3.8, 4) is 0 Å².